The van der Waals surface area contributed by atoms with Gasteiger partial charge in [0, 0.05) is 11.6 Å². The molecule has 6 nitrogen and oxygen atoms in total. The zero-order chi connectivity index (χ0) is 12.5. The van der Waals surface area contributed by atoms with E-state index < -0.39 is 17.1 Å². The fraction of sp³-hybridized carbons (Fsp3) is 0.500. The van der Waals surface area contributed by atoms with Crippen LogP contribution in [-0.4, -0.2) is 20.7 Å². The molecule has 6 heteroatoms. The molecule has 0 saturated carbocycles. The number of aryl methyl sites for hydroxylation is 1. The molecule has 0 aliphatic rings. The summed E-state index contributed by atoms with van der Waals surface area (Å²) < 4.78 is 1.18. The minimum absolute atomic E-state index is 0.118. The molecule has 2 atom stereocenters. The topological polar surface area (TPSA) is 85.4 Å². The number of aliphatic hydroxyl groups is 1. The summed E-state index contributed by atoms with van der Waals surface area (Å²) in [6, 6.07) is 0.712. The number of nitrogens with zero attached hydrogens (tertiary/aromatic N) is 2. The first-order valence-corrected chi connectivity index (χ1v) is 4.90. The molecular weight excluding hydrogens is 212 g/mol. The molecular formula is C10H14N2O4. The fourth-order valence-electron chi connectivity index (χ4n) is 1.37. The van der Waals surface area contributed by atoms with Crippen LogP contribution in [0.2, 0.25) is 0 Å². The predicted molar refractivity (Wildman–Crippen MR) is 58.5 cm³/mol. The van der Waals surface area contributed by atoms with Gasteiger partial charge in [-0.15, -0.1) is 0 Å². The van der Waals surface area contributed by atoms with Crippen molar-refractivity contribution in [2.24, 2.45) is 0 Å². The molecule has 0 aliphatic heterocycles. The van der Waals surface area contributed by atoms with Gasteiger partial charge in [-0.25, -0.2) is 0 Å². The molecule has 0 spiro atoms. The van der Waals surface area contributed by atoms with Crippen molar-refractivity contribution >= 4 is 5.69 Å². The van der Waals surface area contributed by atoms with Crippen molar-refractivity contribution in [1.82, 2.24) is 4.57 Å². The van der Waals surface area contributed by atoms with Gasteiger partial charge in [0.1, 0.15) is 0 Å². The van der Waals surface area contributed by atoms with Crippen LogP contribution in [0.3, 0.4) is 0 Å². The van der Waals surface area contributed by atoms with Crippen molar-refractivity contribution in [3.8, 4) is 0 Å². The number of nitro groups is 1. The Hall–Kier alpha value is -1.69. The van der Waals surface area contributed by atoms with E-state index >= 15 is 0 Å². The average molecular weight is 226 g/mol. The van der Waals surface area contributed by atoms with Gasteiger partial charge in [0.05, 0.1) is 23.3 Å². The molecule has 2 unspecified atom stereocenters. The number of aromatic nitrogens is 1. The van der Waals surface area contributed by atoms with Crippen molar-refractivity contribution in [1.29, 1.82) is 0 Å². The third-order valence-corrected chi connectivity index (χ3v) is 2.59. The molecule has 0 radical (unpaired) electrons. The van der Waals surface area contributed by atoms with Crippen molar-refractivity contribution < 1.29 is 10.0 Å². The lowest BCUT2D eigenvalue weighted by molar-refractivity contribution is -0.386. The van der Waals surface area contributed by atoms with Crippen LogP contribution in [0, 0.1) is 17.0 Å². The number of pyridine rings is 1. The fourth-order valence-corrected chi connectivity index (χ4v) is 1.37. The third-order valence-electron chi connectivity index (χ3n) is 2.59. The molecule has 0 bridgehead atoms. The van der Waals surface area contributed by atoms with Crippen LogP contribution in [0.1, 0.15) is 25.5 Å². The quantitative estimate of drug-likeness (QED) is 0.615. The molecule has 88 valence electrons. The van der Waals surface area contributed by atoms with E-state index in [0.29, 0.717) is 5.56 Å². The summed E-state index contributed by atoms with van der Waals surface area (Å²) in [5.74, 6) is 0. The van der Waals surface area contributed by atoms with Crippen LogP contribution in [0.15, 0.2) is 17.1 Å². The average Bonchev–Trinajstić information content (AvgIpc) is 2.16. The van der Waals surface area contributed by atoms with Gasteiger partial charge >= 0.3 is 0 Å². The standard InChI is InChI=1S/C10H14N2O4/c1-6-4-10(14)11(7(2)8(3)13)5-9(6)12(15)16/h4-5,7-8,13H,1-3H3. The minimum atomic E-state index is -0.750. The van der Waals surface area contributed by atoms with Crippen molar-refractivity contribution in [3.05, 3.63) is 38.3 Å². The Morgan fingerprint density at radius 1 is 1.50 bits per heavy atom. The second kappa shape index (κ2) is 4.44. The second-order valence-corrected chi connectivity index (χ2v) is 3.83. The van der Waals surface area contributed by atoms with Gasteiger partial charge in [0.2, 0.25) is 0 Å². The first-order valence-electron chi connectivity index (χ1n) is 4.90. The van der Waals surface area contributed by atoms with E-state index in [1.807, 2.05) is 0 Å². The Labute approximate surface area is 92.3 Å². The summed E-state index contributed by atoms with van der Waals surface area (Å²) in [7, 11) is 0. The summed E-state index contributed by atoms with van der Waals surface area (Å²) in [5, 5.41) is 20.1. The van der Waals surface area contributed by atoms with Gasteiger partial charge < -0.3 is 9.67 Å². The molecule has 1 rings (SSSR count). The first-order chi connectivity index (χ1) is 7.34. The lowest BCUT2D eigenvalue weighted by Crippen LogP contribution is -2.29. The Kier molecular flexibility index (Phi) is 3.44. The van der Waals surface area contributed by atoms with E-state index in [4.69, 9.17) is 0 Å². The number of hydrogen-bond donors (Lipinski definition) is 1. The maximum atomic E-state index is 11.6. The van der Waals surface area contributed by atoms with E-state index in [1.165, 1.54) is 30.7 Å². The molecule has 0 aromatic carbocycles. The zero-order valence-electron chi connectivity index (χ0n) is 9.38. The lowest BCUT2D eigenvalue weighted by atomic mass is 10.2. The van der Waals surface area contributed by atoms with E-state index in [1.54, 1.807) is 6.92 Å². The normalized spacial score (nSPS) is 14.5. The molecule has 1 aromatic rings. The number of rotatable bonds is 3. The maximum Gasteiger partial charge on any atom is 0.288 e. The van der Waals surface area contributed by atoms with Crippen LogP contribution in [-0.2, 0) is 0 Å². The highest BCUT2D eigenvalue weighted by Gasteiger charge is 2.18. The molecule has 0 aliphatic carbocycles. The molecule has 1 heterocycles. The van der Waals surface area contributed by atoms with Gasteiger partial charge in [-0.1, -0.05) is 0 Å². The largest absolute Gasteiger partial charge is 0.391 e. The third kappa shape index (κ3) is 2.27. The second-order valence-electron chi connectivity index (χ2n) is 3.83. The molecule has 0 fully saturated rings. The van der Waals surface area contributed by atoms with E-state index in [0.717, 1.165) is 0 Å². The summed E-state index contributed by atoms with van der Waals surface area (Å²) in [6.07, 6.45) is 0.426. The van der Waals surface area contributed by atoms with Crippen LogP contribution in [0.25, 0.3) is 0 Å². The summed E-state index contributed by atoms with van der Waals surface area (Å²) >= 11 is 0. The van der Waals surface area contributed by atoms with Gasteiger partial charge in [-0.3, -0.25) is 14.9 Å². The van der Waals surface area contributed by atoms with Gasteiger partial charge in [0.15, 0.2) is 0 Å². The van der Waals surface area contributed by atoms with Crippen LogP contribution >= 0.6 is 0 Å². The zero-order valence-corrected chi connectivity index (χ0v) is 9.38. The van der Waals surface area contributed by atoms with Crippen LogP contribution in [0.4, 0.5) is 5.69 Å². The number of hydrogen-bond acceptors (Lipinski definition) is 4. The minimum Gasteiger partial charge on any atom is -0.391 e. The highest BCUT2D eigenvalue weighted by Crippen LogP contribution is 2.17. The molecule has 0 saturated heterocycles. The lowest BCUT2D eigenvalue weighted by Gasteiger charge is -2.17. The van der Waals surface area contributed by atoms with E-state index in [9.17, 15) is 20.0 Å². The highest BCUT2D eigenvalue weighted by atomic mass is 16.6. The van der Waals surface area contributed by atoms with Gasteiger partial charge in [0.25, 0.3) is 11.2 Å². The molecule has 1 N–H and O–H groups in total. The van der Waals surface area contributed by atoms with E-state index in [-0.39, 0.29) is 11.2 Å². The van der Waals surface area contributed by atoms with Crippen molar-refractivity contribution in [2.45, 2.75) is 32.9 Å². The van der Waals surface area contributed by atoms with E-state index in [2.05, 4.69) is 0 Å². The summed E-state index contributed by atoms with van der Waals surface area (Å²) in [4.78, 5) is 21.8. The Morgan fingerprint density at radius 3 is 2.50 bits per heavy atom. The van der Waals surface area contributed by atoms with Gasteiger partial charge in [-0.05, 0) is 20.8 Å². The van der Waals surface area contributed by atoms with Crippen LogP contribution < -0.4 is 5.56 Å². The smallest absolute Gasteiger partial charge is 0.288 e. The maximum absolute atomic E-state index is 11.6. The Balaban J connectivity index is 3.36. The first kappa shape index (κ1) is 12.4. The van der Waals surface area contributed by atoms with Crippen molar-refractivity contribution in [3.63, 3.8) is 0 Å². The Bertz CT molecular complexity index is 464. The monoisotopic (exact) mass is 226 g/mol. The molecule has 1 aromatic heterocycles. The number of aliphatic hydroxyl groups excluding tert-OH is 1. The highest BCUT2D eigenvalue weighted by molar-refractivity contribution is 5.36. The van der Waals surface area contributed by atoms with Gasteiger partial charge in [-0.2, -0.15) is 0 Å². The Morgan fingerprint density at radius 2 is 2.06 bits per heavy atom. The summed E-state index contributed by atoms with van der Waals surface area (Å²) in [6.45, 7) is 4.67. The molecule has 0 amide bonds. The molecule has 16 heavy (non-hydrogen) atoms. The predicted octanol–water partition coefficient (Wildman–Crippen LogP) is 1.01. The summed E-state index contributed by atoms with van der Waals surface area (Å²) in [5.41, 5.74) is -0.146. The van der Waals surface area contributed by atoms with Crippen molar-refractivity contribution in [2.75, 3.05) is 0 Å². The SMILES string of the molecule is Cc1cc(=O)n(C(C)C(C)O)cc1[N+](=O)[O-]. The van der Waals surface area contributed by atoms with Crippen LogP contribution in [0.5, 0.6) is 0 Å².